The summed E-state index contributed by atoms with van der Waals surface area (Å²) in [5.41, 5.74) is 4.11. The van der Waals surface area contributed by atoms with Crippen molar-refractivity contribution in [3.05, 3.63) is 47.8 Å². The van der Waals surface area contributed by atoms with E-state index in [2.05, 4.69) is 5.10 Å². The number of carbonyl (C=O) groups excluding carboxylic acids is 1. The molecule has 2 rings (SSSR count). The van der Waals surface area contributed by atoms with Crippen LogP contribution in [0.5, 0.6) is 5.75 Å². The van der Waals surface area contributed by atoms with Gasteiger partial charge in [-0.3, -0.25) is 9.48 Å². The number of halogens is 2. The van der Waals surface area contributed by atoms with Gasteiger partial charge in [-0.25, -0.2) is 8.78 Å². The molecule has 0 saturated carbocycles. The number of rotatable bonds is 5. The molecule has 1 heterocycles. The van der Waals surface area contributed by atoms with Crippen LogP contribution in [-0.2, 0) is 6.54 Å². The molecular weight excluding hydrogens is 256 g/mol. The van der Waals surface area contributed by atoms with Crippen molar-refractivity contribution in [2.24, 2.45) is 5.73 Å². The molecule has 1 amide bonds. The predicted molar refractivity (Wildman–Crippen MR) is 62.6 cm³/mol. The van der Waals surface area contributed by atoms with E-state index in [-0.39, 0.29) is 12.4 Å². The number of primary amides is 1. The molecule has 0 fully saturated rings. The van der Waals surface area contributed by atoms with Gasteiger partial charge in [0.1, 0.15) is 18.0 Å². The van der Waals surface area contributed by atoms with E-state index in [1.54, 1.807) is 23.1 Å². The number of hydrogen-bond acceptors (Lipinski definition) is 3. The van der Waals surface area contributed by atoms with Crippen molar-refractivity contribution in [2.45, 2.75) is 6.54 Å². The zero-order valence-electron chi connectivity index (χ0n) is 9.85. The van der Waals surface area contributed by atoms with Gasteiger partial charge in [0.15, 0.2) is 11.6 Å². The second-order valence-corrected chi connectivity index (χ2v) is 3.72. The monoisotopic (exact) mass is 267 g/mol. The number of hydrogen-bond donors (Lipinski definition) is 1. The third kappa shape index (κ3) is 2.87. The molecule has 2 N–H and O–H groups in total. The molecule has 19 heavy (non-hydrogen) atoms. The first-order valence-corrected chi connectivity index (χ1v) is 5.47. The van der Waals surface area contributed by atoms with Gasteiger partial charge >= 0.3 is 0 Å². The Bertz CT molecular complexity index is 585. The number of benzene rings is 1. The van der Waals surface area contributed by atoms with E-state index in [1.807, 2.05) is 0 Å². The van der Waals surface area contributed by atoms with Crippen molar-refractivity contribution < 1.29 is 18.3 Å². The van der Waals surface area contributed by atoms with Gasteiger partial charge in [0, 0.05) is 12.4 Å². The third-order valence-corrected chi connectivity index (χ3v) is 2.44. The summed E-state index contributed by atoms with van der Waals surface area (Å²) in [6.07, 6.45) is 3.32. The normalized spacial score (nSPS) is 10.4. The molecule has 0 unspecified atom stereocenters. The zero-order chi connectivity index (χ0) is 13.8. The number of nitrogens with two attached hydrogens (primary N) is 1. The molecule has 0 saturated heterocycles. The average Bonchev–Trinajstić information content (AvgIpc) is 2.85. The van der Waals surface area contributed by atoms with Crippen molar-refractivity contribution in [1.82, 2.24) is 9.78 Å². The summed E-state index contributed by atoms with van der Waals surface area (Å²) in [6, 6.07) is 3.79. The van der Waals surface area contributed by atoms with Crippen LogP contribution >= 0.6 is 0 Å². The highest BCUT2D eigenvalue weighted by atomic mass is 19.1. The summed E-state index contributed by atoms with van der Waals surface area (Å²) in [5, 5.41) is 3.94. The van der Waals surface area contributed by atoms with E-state index >= 15 is 0 Å². The Morgan fingerprint density at radius 2 is 2.21 bits per heavy atom. The summed E-state index contributed by atoms with van der Waals surface area (Å²) in [4.78, 5) is 10.9. The first-order valence-electron chi connectivity index (χ1n) is 5.47. The molecule has 0 atom stereocenters. The fourth-order valence-corrected chi connectivity index (χ4v) is 1.55. The largest absolute Gasteiger partial charge is 0.489 e. The standard InChI is InChI=1S/C12H11F2N3O2/c13-8-2-3-9(11(14)10(8)12(15)18)19-7-6-17-5-1-4-16-17/h1-5H,6-7H2,(H2,15,18). The Morgan fingerprint density at radius 1 is 1.42 bits per heavy atom. The van der Waals surface area contributed by atoms with Gasteiger partial charge < -0.3 is 10.5 Å². The molecule has 5 nitrogen and oxygen atoms in total. The number of aromatic nitrogens is 2. The highest BCUT2D eigenvalue weighted by molar-refractivity contribution is 5.93. The van der Waals surface area contributed by atoms with Gasteiger partial charge in [0.05, 0.1) is 6.54 Å². The molecular formula is C12H11F2N3O2. The van der Waals surface area contributed by atoms with Crippen LogP contribution in [-0.4, -0.2) is 22.3 Å². The summed E-state index contributed by atoms with van der Waals surface area (Å²) < 4.78 is 33.7. The number of ether oxygens (including phenoxy) is 1. The first kappa shape index (κ1) is 13.0. The van der Waals surface area contributed by atoms with E-state index in [9.17, 15) is 13.6 Å². The SMILES string of the molecule is NC(=O)c1c(F)ccc(OCCn2cccn2)c1F. The van der Waals surface area contributed by atoms with Gasteiger partial charge in [-0.1, -0.05) is 0 Å². The van der Waals surface area contributed by atoms with Crippen molar-refractivity contribution in [3.63, 3.8) is 0 Å². The summed E-state index contributed by atoms with van der Waals surface area (Å²) in [5.74, 6) is -3.49. The molecule has 0 aliphatic heterocycles. The van der Waals surface area contributed by atoms with Gasteiger partial charge in [0.2, 0.25) is 0 Å². The summed E-state index contributed by atoms with van der Waals surface area (Å²) in [7, 11) is 0. The first-order chi connectivity index (χ1) is 9.09. The molecule has 0 bridgehead atoms. The van der Waals surface area contributed by atoms with Crippen LogP contribution in [0.2, 0.25) is 0 Å². The van der Waals surface area contributed by atoms with Crippen LogP contribution in [0.4, 0.5) is 8.78 Å². The molecule has 7 heteroatoms. The summed E-state index contributed by atoms with van der Waals surface area (Å²) in [6.45, 7) is 0.526. The van der Waals surface area contributed by atoms with Crippen molar-refractivity contribution >= 4 is 5.91 Å². The molecule has 0 radical (unpaired) electrons. The topological polar surface area (TPSA) is 70.1 Å². The lowest BCUT2D eigenvalue weighted by atomic mass is 10.1. The van der Waals surface area contributed by atoms with E-state index in [1.165, 1.54) is 0 Å². The van der Waals surface area contributed by atoms with E-state index < -0.39 is 23.1 Å². The minimum absolute atomic E-state index is 0.127. The number of amides is 1. The van der Waals surface area contributed by atoms with E-state index in [0.29, 0.717) is 6.54 Å². The van der Waals surface area contributed by atoms with Gasteiger partial charge in [-0.05, 0) is 18.2 Å². The van der Waals surface area contributed by atoms with Gasteiger partial charge in [0.25, 0.3) is 5.91 Å². The Morgan fingerprint density at radius 3 is 2.84 bits per heavy atom. The molecule has 100 valence electrons. The van der Waals surface area contributed by atoms with Gasteiger partial charge in [-0.15, -0.1) is 0 Å². The third-order valence-electron chi connectivity index (χ3n) is 2.44. The maximum atomic E-state index is 13.8. The molecule has 1 aromatic heterocycles. The van der Waals surface area contributed by atoms with Crippen LogP contribution < -0.4 is 10.5 Å². The average molecular weight is 267 g/mol. The van der Waals surface area contributed by atoms with Gasteiger partial charge in [-0.2, -0.15) is 5.10 Å². The molecule has 0 aliphatic rings. The zero-order valence-corrected chi connectivity index (χ0v) is 9.85. The quantitative estimate of drug-likeness (QED) is 0.888. The number of carbonyl (C=O) groups is 1. The highest BCUT2D eigenvalue weighted by Crippen LogP contribution is 2.22. The Labute approximate surface area is 107 Å². The minimum atomic E-state index is -1.17. The minimum Gasteiger partial charge on any atom is -0.489 e. The predicted octanol–water partition coefficient (Wildman–Crippen LogP) is 1.34. The fraction of sp³-hybridized carbons (Fsp3) is 0.167. The second kappa shape index (κ2) is 5.47. The smallest absolute Gasteiger partial charge is 0.254 e. The van der Waals surface area contributed by atoms with E-state index in [0.717, 1.165) is 12.1 Å². The van der Waals surface area contributed by atoms with Crippen molar-refractivity contribution in [3.8, 4) is 5.75 Å². The maximum Gasteiger partial charge on any atom is 0.254 e. The molecule has 0 spiro atoms. The lowest BCUT2D eigenvalue weighted by molar-refractivity contribution is 0.0991. The Balaban J connectivity index is 2.08. The van der Waals surface area contributed by atoms with Crippen LogP contribution in [0.25, 0.3) is 0 Å². The van der Waals surface area contributed by atoms with Crippen LogP contribution in [0.15, 0.2) is 30.6 Å². The number of nitrogens with zero attached hydrogens (tertiary/aromatic N) is 2. The van der Waals surface area contributed by atoms with Crippen LogP contribution in [0.3, 0.4) is 0 Å². The lowest BCUT2D eigenvalue weighted by Crippen LogP contribution is -2.17. The fourth-order valence-electron chi connectivity index (χ4n) is 1.55. The molecule has 2 aromatic rings. The van der Waals surface area contributed by atoms with Crippen LogP contribution in [0, 0.1) is 11.6 Å². The van der Waals surface area contributed by atoms with E-state index in [4.69, 9.17) is 10.5 Å². The highest BCUT2D eigenvalue weighted by Gasteiger charge is 2.19. The maximum absolute atomic E-state index is 13.8. The summed E-state index contributed by atoms with van der Waals surface area (Å²) >= 11 is 0. The van der Waals surface area contributed by atoms with Crippen LogP contribution in [0.1, 0.15) is 10.4 Å². The lowest BCUT2D eigenvalue weighted by Gasteiger charge is -2.09. The van der Waals surface area contributed by atoms with Crippen molar-refractivity contribution in [1.29, 1.82) is 0 Å². The Hall–Kier alpha value is -2.44. The molecule has 0 aliphatic carbocycles. The Kier molecular flexibility index (Phi) is 3.74. The van der Waals surface area contributed by atoms with Crippen molar-refractivity contribution in [2.75, 3.05) is 6.61 Å². The molecule has 1 aromatic carbocycles. The second-order valence-electron chi connectivity index (χ2n) is 3.72.